The molecule has 0 saturated heterocycles. The zero-order valence-electron chi connectivity index (χ0n) is 32.4. The molecular formula is C51H48N2O. The van der Waals surface area contributed by atoms with Gasteiger partial charge in [0, 0.05) is 22.7 Å². The second-order valence-electron chi connectivity index (χ2n) is 16.5. The quantitative estimate of drug-likeness (QED) is 0.171. The third-order valence-electron chi connectivity index (χ3n) is 10.5. The van der Waals surface area contributed by atoms with Gasteiger partial charge in [-0.05, 0) is 124 Å². The molecule has 0 spiro atoms. The number of rotatable bonds is 6. The Bertz CT molecular complexity index is 2400. The first-order chi connectivity index (χ1) is 25.9. The minimum atomic E-state index is 0.0690. The largest absolute Gasteiger partial charge is 0.453 e. The van der Waals surface area contributed by atoms with Crippen molar-refractivity contribution in [2.24, 2.45) is 0 Å². The number of fused-ring (bicyclic) bond motifs is 2. The molecule has 1 aliphatic rings. The van der Waals surface area contributed by atoms with Crippen LogP contribution in [0.2, 0.25) is 0 Å². The van der Waals surface area contributed by atoms with Gasteiger partial charge in [-0.2, -0.15) is 0 Å². The van der Waals surface area contributed by atoms with E-state index >= 15 is 0 Å². The normalized spacial score (nSPS) is 12.5. The molecule has 0 atom stereocenters. The maximum absolute atomic E-state index is 6.85. The Kier molecular flexibility index (Phi) is 8.90. The number of nitrogens with zero attached hydrogens (tertiary/aromatic N) is 2. The summed E-state index contributed by atoms with van der Waals surface area (Å²) in [6, 6.07) is 59.1. The molecule has 268 valence electrons. The van der Waals surface area contributed by atoms with E-state index in [9.17, 15) is 0 Å². The Labute approximate surface area is 321 Å². The number of anilines is 6. The van der Waals surface area contributed by atoms with Gasteiger partial charge >= 0.3 is 0 Å². The molecule has 0 saturated carbocycles. The third kappa shape index (κ3) is 6.90. The summed E-state index contributed by atoms with van der Waals surface area (Å²) in [5, 5.41) is 0. The fourth-order valence-electron chi connectivity index (χ4n) is 7.24. The SMILES string of the molecule is Cc1ccc(N(c2ccccc2)c2ccc(-c3ccc4c(c3)Oc3cc(-c5ccc(C(C)(C)C)cc5)ccc3N4c3ccc(C(C)(C)C)cc3)cc2)cc1. The predicted molar refractivity (Wildman–Crippen MR) is 229 cm³/mol. The Balaban J connectivity index is 1.17. The Morgan fingerprint density at radius 1 is 0.426 bits per heavy atom. The van der Waals surface area contributed by atoms with E-state index < -0.39 is 0 Å². The van der Waals surface area contributed by atoms with Crippen LogP contribution in [0.25, 0.3) is 22.3 Å². The first-order valence-electron chi connectivity index (χ1n) is 18.9. The van der Waals surface area contributed by atoms with E-state index in [0.29, 0.717) is 0 Å². The summed E-state index contributed by atoms with van der Waals surface area (Å²) in [5.41, 5.74) is 15.1. The van der Waals surface area contributed by atoms with Crippen molar-refractivity contribution in [1.29, 1.82) is 0 Å². The molecule has 0 amide bonds. The van der Waals surface area contributed by atoms with E-state index in [1.54, 1.807) is 0 Å². The maximum Gasteiger partial charge on any atom is 0.152 e. The van der Waals surface area contributed by atoms with Gasteiger partial charge in [0.25, 0.3) is 0 Å². The van der Waals surface area contributed by atoms with E-state index in [-0.39, 0.29) is 10.8 Å². The van der Waals surface area contributed by atoms with Gasteiger partial charge in [-0.3, -0.25) is 0 Å². The number of hydrogen-bond donors (Lipinski definition) is 0. The van der Waals surface area contributed by atoms with Gasteiger partial charge in [0.05, 0.1) is 11.4 Å². The van der Waals surface area contributed by atoms with Crippen molar-refractivity contribution in [3.05, 3.63) is 180 Å². The minimum Gasteiger partial charge on any atom is -0.453 e. The molecule has 3 heteroatoms. The second kappa shape index (κ2) is 13.7. The van der Waals surface area contributed by atoms with Gasteiger partial charge < -0.3 is 14.5 Å². The van der Waals surface area contributed by atoms with Gasteiger partial charge in [-0.1, -0.05) is 138 Å². The summed E-state index contributed by atoms with van der Waals surface area (Å²) in [5.74, 6) is 1.67. The number of hydrogen-bond acceptors (Lipinski definition) is 3. The van der Waals surface area contributed by atoms with Crippen LogP contribution in [-0.2, 0) is 10.8 Å². The summed E-state index contributed by atoms with van der Waals surface area (Å²) in [4.78, 5) is 4.63. The van der Waals surface area contributed by atoms with Gasteiger partial charge in [0.1, 0.15) is 0 Å². The first-order valence-corrected chi connectivity index (χ1v) is 18.9. The van der Waals surface area contributed by atoms with Crippen LogP contribution < -0.4 is 14.5 Å². The van der Waals surface area contributed by atoms with Crippen LogP contribution in [0, 0.1) is 6.92 Å². The van der Waals surface area contributed by atoms with Crippen LogP contribution in [0.1, 0.15) is 58.2 Å². The van der Waals surface area contributed by atoms with Crippen molar-refractivity contribution in [3.8, 4) is 33.8 Å². The monoisotopic (exact) mass is 704 g/mol. The lowest BCUT2D eigenvalue weighted by atomic mass is 9.86. The highest BCUT2D eigenvalue weighted by atomic mass is 16.5. The lowest BCUT2D eigenvalue weighted by Crippen LogP contribution is -2.17. The van der Waals surface area contributed by atoms with Crippen LogP contribution in [0.15, 0.2) is 164 Å². The number of benzene rings is 7. The van der Waals surface area contributed by atoms with E-state index in [1.165, 1.54) is 22.3 Å². The van der Waals surface area contributed by atoms with Crippen molar-refractivity contribution in [3.63, 3.8) is 0 Å². The molecule has 54 heavy (non-hydrogen) atoms. The van der Waals surface area contributed by atoms with Gasteiger partial charge in [0.15, 0.2) is 11.5 Å². The summed E-state index contributed by atoms with van der Waals surface area (Å²) in [6.07, 6.45) is 0. The smallest absolute Gasteiger partial charge is 0.152 e. The summed E-state index contributed by atoms with van der Waals surface area (Å²) in [7, 11) is 0. The Morgan fingerprint density at radius 2 is 0.833 bits per heavy atom. The molecule has 3 nitrogen and oxygen atoms in total. The van der Waals surface area contributed by atoms with Crippen molar-refractivity contribution >= 4 is 34.1 Å². The topological polar surface area (TPSA) is 15.7 Å². The average Bonchev–Trinajstić information content (AvgIpc) is 3.17. The van der Waals surface area contributed by atoms with Crippen molar-refractivity contribution in [2.45, 2.75) is 59.3 Å². The van der Waals surface area contributed by atoms with E-state index in [4.69, 9.17) is 4.74 Å². The summed E-state index contributed by atoms with van der Waals surface area (Å²) in [6.45, 7) is 15.7. The maximum atomic E-state index is 6.85. The third-order valence-corrected chi connectivity index (χ3v) is 10.5. The molecule has 0 aromatic heterocycles. The average molecular weight is 705 g/mol. The van der Waals surface area contributed by atoms with Crippen LogP contribution in [0.3, 0.4) is 0 Å². The molecule has 0 fully saturated rings. The van der Waals surface area contributed by atoms with Crippen molar-refractivity contribution in [1.82, 2.24) is 0 Å². The highest BCUT2D eigenvalue weighted by Gasteiger charge is 2.28. The molecule has 0 bridgehead atoms. The molecule has 7 aromatic carbocycles. The van der Waals surface area contributed by atoms with Crippen molar-refractivity contribution < 1.29 is 4.74 Å². The summed E-state index contributed by atoms with van der Waals surface area (Å²) >= 11 is 0. The molecule has 8 rings (SSSR count). The number of para-hydroxylation sites is 1. The molecule has 1 heterocycles. The molecule has 1 aliphatic heterocycles. The first kappa shape index (κ1) is 35.0. The van der Waals surface area contributed by atoms with E-state index in [1.807, 2.05) is 0 Å². The van der Waals surface area contributed by atoms with Gasteiger partial charge in [0.2, 0.25) is 0 Å². The van der Waals surface area contributed by atoms with Crippen molar-refractivity contribution in [2.75, 3.05) is 9.80 Å². The minimum absolute atomic E-state index is 0.0690. The van der Waals surface area contributed by atoms with Crippen LogP contribution in [0.4, 0.5) is 34.1 Å². The highest BCUT2D eigenvalue weighted by molar-refractivity contribution is 5.89. The molecule has 0 N–H and O–H groups in total. The molecule has 0 radical (unpaired) electrons. The number of aryl methyl sites for hydroxylation is 1. The standard InChI is InChI=1S/C51H48N2O/c1-35-13-25-43(26-14-35)52(42-11-9-8-10-12-42)44-27-17-37(18-28-44)39-20-32-47-49(34-39)54-48-33-38(36-15-21-40(22-16-36)50(2,3)4)19-31-46(48)53(47)45-29-23-41(24-30-45)51(5,6)7/h8-34H,1-7H3. The lowest BCUT2D eigenvalue weighted by molar-refractivity contribution is 0.477. The summed E-state index contributed by atoms with van der Waals surface area (Å²) < 4.78 is 6.85. The van der Waals surface area contributed by atoms with Crippen LogP contribution in [-0.4, -0.2) is 0 Å². The lowest BCUT2D eigenvalue weighted by Gasteiger charge is -2.34. The molecular weight excluding hydrogens is 657 g/mol. The molecule has 7 aromatic rings. The number of ether oxygens (including phenoxy) is 1. The second-order valence-corrected chi connectivity index (χ2v) is 16.5. The Morgan fingerprint density at radius 3 is 1.31 bits per heavy atom. The fourth-order valence-corrected chi connectivity index (χ4v) is 7.24. The fraction of sp³-hybridized carbons (Fsp3) is 0.176. The highest BCUT2D eigenvalue weighted by Crippen LogP contribution is 2.52. The van der Waals surface area contributed by atoms with Crippen LogP contribution in [0.5, 0.6) is 11.5 Å². The van der Waals surface area contributed by atoms with E-state index in [2.05, 4.69) is 222 Å². The van der Waals surface area contributed by atoms with Gasteiger partial charge in [-0.15, -0.1) is 0 Å². The van der Waals surface area contributed by atoms with E-state index in [0.717, 1.165) is 62.3 Å². The Hall–Kier alpha value is -6.06. The molecule has 0 aliphatic carbocycles. The molecule has 0 unspecified atom stereocenters. The van der Waals surface area contributed by atoms with Crippen LogP contribution >= 0.6 is 0 Å². The zero-order chi connectivity index (χ0) is 37.6. The van der Waals surface area contributed by atoms with Gasteiger partial charge in [-0.25, -0.2) is 0 Å². The predicted octanol–water partition coefficient (Wildman–Crippen LogP) is 15.0. The zero-order valence-corrected chi connectivity index (χ0v) is 32.4.